The van der Waals surface area contributed by atoms with Crippen LogP contribution in [0.25, 0.3) is 11.0 Å². The van der Waals surface area contributed by atoms with E-state index >= 15 is 0 Å². The molecule has 1 amide bonds. The Bertz CT molecular complexity index is 1010. The predicted octanol–water partition coefficient (Wildman–Crippen LogP) is 4.96. The van der Waals surface area contributed by atoms with E-state index in [0.29, 0.717) is 25.5 Å². The summed E-state index contributed by atoms with van der Waals surface area (Å²) in [6.45, 7) is 9.26. The van der Waals surface area contributed by atoms with Crippen molar-refractivity contribution in [1.29, 1.82) is 0 Å². The summed E-state index contributed by atoms with van der Waals surface area (Å²) in [5.74, 6) is 2.81. The molecular formula is C25H31N3O2. The van der Waals surface area contributed by atoms with Crippen LogP contribution >= 0.6 is 0 Å². The van der Waals surface area contributed by atoms with E-state index in [-0.39, 0.29) is 11.8 Å². The summed E-state index contributed by atoms with van der Waals surface area (Å²) in [7, 11) is 0. The normalized spacial score (nSPS) is 17.6. The van der Waals surface area contributed by atoms with Gasteiger partial charge < -0.3 is 14.2 Å². The smallest absolute Gasteiger partial charge is 0.223 e. The largest absolute Gasteiger partial charge is 0.492 e. The third-order valence-corrected chi connectivity index (χ3v) is 6.29. The van der Waals surface area contributed by atoms with E-state index in [1.54, 1.807) is 0 Å². The number of hydrogen-bond acceptors (Lipinski definition) is 3. The van der Waals surface area contributed by atoms with Crippen molar-refractivity contribution in [2.75, 3.05) is 19.7 Å². The van der Waals surface area contributed by atoms with Gasteiger partial charge in [-0.15, -0.1) is 0 Å². The van der Waals surface area contributed by atoms with Crippen molar-refractivity contribution in [3.63, 3.8) is 0 Å². The Morgan fingerprint density at radius 3 is 2.60 bits per heavy atom. The molecule has 1 aromatic heterocycles. The van der Waals surface area contributed by atoms with Gasteiger partial charge in [0.1, 0.15) is 18.2 Å². The first kappa shape index (κ1) is 20.5. The summed E-state index contributed by atoms with van der Waals surface area (Å²) < 4.78 is 8.29. The number of aromatic nitrogens is 2. The molecule has 1 aliphatic rings. The minimum Gasteiger partial charge on any atom is -0.492 e. The fraction of sp³-hybridized carbons (Fsp3) is 0.440. The highest BCUT2D eigenvalue weighted by Crippen LogP contribution is 2.30. The van der Waals surface area contributed by atoms with Crippen molar-refractivity contribution >= 4 is 16.9 Å². The molecule has 158 valence electrons. The molecule has 1 fully saturated rings. The van der Waals surface area contributed by atoms with Gasteiger partial charge >= 0.3 is 0 Å². The SMILES string of the molecule is CCC(C)c1ccc(OCCn2c(C3CC(=O)N(CC)C3)nc3ccccc32)cc1. The topological polar surface area (TPSA) is 47.4 Å². The highest BCUT2D eigenvalue weighted by molar-refractivity contribution is 5.80. The van der Waals surface area contributed by atoms with E-state index < -0.39 is 0 Å². The van der Waals surface area contributed by atoms with Crippen LogP contribution in [0.2, 0.25) is 0 Å². The number of benzene rings is 2. The van der Waals surface area contributed by atoms with Crippen LogP contribution < -0.4 is 4.74 Å². The average molecular weight is 406 g/mol. The molecule has 0 radical (unpaired) electrons. The molecule has 30 heavy (non-hydrogen) atoms. The van der Waals surface area contributed by atoms with Crippen molar-refractivity contribution in [3.05, 3.63) is 59.9 Å². The van der Waals surface area contributed by atoms with Crippen molar-refractivity contribution in [1.82, 2.24) is 14.5 Å². The lowest BCUT2D eigenvalue weighted by atomic mass is 9.99. The molecule has 0 saturated carbocycles. The van der Waals surface area contributed by atoms with Crippen molar-refractivity contribution in [2.45, 2.75) is 52.0 Å². The highest BCUT2D eigenvalue weighted by Gasteiger charge is 2.33. The zero-order chi connectivity index (χ0) is 21.1. The second-order valence-electron chi connectivity index (χ2n) is 8.17. The molecule has 4 rings (SSSR count). The summed E-state index contributed by atoms with van der Waals surface area (Å²) in [6.07, 6.45) is 1.67. The Morgan fingerprint density at radius 2 is 1.90 bits per heavy atom. The molecule has 3 aromatic rings. The standard InChI is InChI=1S/C25H31N3O2/c1-4-18(3)19-10-12-21(13-11-19)30-15-14-28-23-9-7-6-8-22(23)26-25(28)20-16-24(29)27(5-2)17-20/h6-13,18,20H,4-5,14-17H2,1-3H3. The summed E-state index contributed by atoms with van der Waals surface area (Å²) in [4.78, 5) is 19.1. The number of imidazole rings is 1. The van der Waals surface area contributed by atoms with Gasteiger partial charge in [-0.1, -0.05) is 38.1 Å². The van der Waals surface area contributed by atoms with Crippen molar-refractivity contribution < 1.29 is 9.53 Å². The number of fused-ring (bicyclic) bond motifs is 1. The molecular weight excluding hydrogens is 374 g/mol. The van der Waals surface area contributed by atoms with Crippen LogP contribution in [0.15, 0.2) is 48.5 Å². The van der Waals surface area contributed by atoms with Crippen LogP contribution in [-0.4, -0.2) is 40.1 Å². The minimum atomic E-state index is 0.139. The van der Waals surface area contributed by atoms with Gasteiger partial charge in [0, 0.05) is 25.4 Å². The minimum absolute atomic E-state index is 0.139. The van der Waals surface area contributed by atoms with E-state index in [2.05, 4.69) is 48.7 Å². The van der Waals surface area contributed by atoms with Crippen LogP contribution in [0, 0.1) is 0 Å². The summed E-state index contributed by atoms with van der Waals surface area (Å²) in [5.41, 5.74) is 3.43. The van der Waals surface area contributed by atoms with E-state index in [0.717, 1.165) is 42.1 Å². The molecule has 2 unspecified atom stereocenters. The van der Waals surface area contributed by atoms with Crippen LogP contribution in [-0.2, 0) is 11.3 Å². The van der Waals surface area contributed by atoms with E-state index in [4.69, 9.17) is 9.72 Å². The summed E-state index contributed by atoms with van der Waals surface area (Å²) in [5, 5.41) is 0. The summed E-state index contributed by atoms with van der Waals surface area (Å²) in [6, 6.07) is 16.6. The van der Waals surface area contributed by atoms with E-state index in [1.165, 1.54) is 5.56 Å². The molecule has 5 nitrogen and oxygen atoms in total. The van der Waals surface area contributed by atoms with E-state index in [1.807, 2.05) is 30.0 Å². The lowest BCUT2D eigenvalue weighted by Crippen LogP contribution is -2.24. The van der Waals surface area contributed by atoms with Gasteiger partial charge in [0.15, 0.2) is 0 Å². The fourth-order valence-electron chi connectivity index (χ4n) is 4.27. The molecule has 0 aliphatic carbocycles. The number of likely N-dealkylation sites (N-methyl/N-ethyl adjacent to an activating group) is 1. The van der Waals surface area contributed by atoms with Gasteiger partial charge in [0.2, 0.25) is 5.91 Å². The Kier molecular flexibility index (Phi) is 6.07. The number of ether oxygens (including phenoxy) is 1. The molecule has 0 N–H and O–H groups in total. The number of amides is 1. The van der Waals surface area contributed by atoms with E-state index in [9.17, 15) is 4.79 Å². The first-order valence-electron chi connectivity index (χ1n) is 11.1. The average Bonchev–Trinajstić information content (AvgIpc) is 3.34. The molecule has 1 saturated heterocycles. The lowest BCUT2D eigenvalue weighted by molar-refractivity contribution is -0.127. The molecule has 0 spiro atoms. The monoisotopic (exact) mass is 405 g/mol. The quantitative estimate of drug-likeness (QED) is 0.532. The third-order valence-electron chi connectivity index (χ3n) is 6.29. The first-order chi connectivity index (χ1) is 14.6. The van der Waals surface area contributed by atoms with Crippen LogP contribution in [0.3, 0.4) is 0 Å². The molecule has 5 heteroatoms. The van der Waals surface area contributed by atoms with Gasteiger partial charge in [-0.05, 0) is 49.1 Å². The van der Waals surface area contributed by atoms with Crippen molar-refractivity contribution in [3.8, 4) is 5.75 Å². The molecule has 2 aromatic carbocycles. The Balaban J connectivity index is 1.50. The Labute approximate surface area is 178 Å². The summed E-state index contributed by atoms with van der Waals surface area (Å²) >= 11 is 0. The maximum Gasteiger partial charge on any atom is 0.223 e. The number of hydrogen-bond donors (Lipinski definition) is 0. The van der Waals surface area contributed by atoms with Gasteiger partial charge in [0.25, 0.3) is 0 Å². The maximum atomic E-state index is 12.3. The number of likely N-dealkylation sites (tertiary alicyclic amines) is 1. The number of para-hydroxylation sites is 2. The lowest BCUT2D eigenvalue weighted by Gasteiger charge is -2.16. The number of carbonyl (C=O) groups is 1. The zero-order valence-electron chi connectivity index (χ0n) is 18.2. The van der Waals surface area contributed by atoms with Crippen LogP contribution in [0.5, 0.6) is 5.75 Å². The second-order valence-corrected chi connectivity index (χ2v) is 8.17. The van der Waals surface area contributed by atoms with Crippen LogP contribution in [0.1, 0.15) is 56.8 Å². The van der Waals surface area contributed by atoms with Gasteiger partial charge in [-0.3, -0.25) is 4.79 Å². The first-order valence-corrected chi connectivity index (χ1v) is 11.1. The number of carbonyl (C=O) groups excluding carboxylic acids is 1. The van der Waals surface area contributed by atoms with Crippen LogP contribution in [0.4, 0.5) is 0 Å². The van der Waals surface area contributed by atoms with Gasteiger partial charge in [-0.2, -0.15) is 0 Å². The molecule has 2 heterocycles. The second kappa shape index (κ2) is 8.90. The molecule has 0 bridgehead atoms. The third kappa shape index (κ3) is 4.07. The van der Waals surface area contributed by atoms with Crippen molar-refractivity contribution in [2.24, 2.45) is 0 Å². The highest BCUT2D eigenvalue weighted by atomic mass is 16.5. The number of rotatable bonds is 8. The number of nitrogens with zero attached hydrogens (tertiary/aromatic N) is 3. The zero-order valence-corrected chi connectivity index (χ0v) is 18.2. The maximum absolute atomic E-state index is 12.3. The molecule has 1 aliphatic heterocycles. The molecule has 2 atom stereocenters. The van der Waals surface area contributed by atoms with Gasteiger partial charge in [-0.25, -0.2) is 4.98 Å². The van der Waals surface area contributed by atoms with Gasteiger partial charge in [0.05, 0.1) is 17.6 Å². The predicted molar refractivity (Wildman–Crippen MR) is 120 cm³/mol. The fourth-order valence-corrected chi connectivity index (χ4v) is 4.27. The Hall–Kier alpha value is -2.82. The Morgan fingerprint density at radius 1 is 1.13 bits per heavy atom.